The summed E-state index contributed by atoms with van der Waals surface area (Å²) in [5, 5.41) is 11.7. The van der Waals surface area contributed by atoms with E-state index in [0.29, 0.717) is 23.9 Å². The first-order valence-corrected chi connectivity index (χ1v) is 12.4. The number of aryl methyl sites for hydroxylation is 2. The summed E-state index contributed by atoms with van der Waals surface area (Å²) in [4.78, 5) is 26.5. The number of nitrogens with one attached hydrogen (secondary N) is 2. The molecule has 9 nitrogen and oxygen atoms in total. The largest absolute Gasteiger partial charge is 0.465 e. The van der Waals surface area contributed by atoms with Gasteiger partial charge in [-0.25, -0.2) is 19.7 Å². The van der Waals surface area contributed by atoms with E-state index >= 15 is 0 Å². The number of rotatable bonds is 8. The number of esters is 1. The van der Waals surface area contributed by atoms with Crippen LogP contribution in [-0.2, 0) is 30.3 Å². The van der Waals surface area contributed by atoms with Crippen molar-refractivity contribution in [3.63, 3.8) is 0 Å². The van der Waals surface area contributed by atoms with E-state index in [4.69, 9.17) is 9.72 Å². The molecule has 2 N–H and O–H groups in total. The Labute approximate surface area is 215 Å². The van der Waals surface area contributed by atoms with Gasteiger partial charge in [-0.05, 0) is 30.2 Å². The Morgan fingerprint density at radius 3 is 2.64 bits per heavy atom. The van der Waals surface area contributed by atoms with Crippen molar-refractivity contribution < 1.29 is 9.53 Å². The number of hydrogen-bond acceptors (Lipinski definition) is 9. The van der Waals surface area contributed by atoms with Gasteiger partial charge >= 0.3 is 5.97 Å². The lowest BCUT2D eigenvalue weighted by Crippen LogP contribution is -2.17. The number of benzene rings is 1. The molecule has 4 aromatic rings. The molecule has 0 atom stereocenters. The molecule has 0 saturated carbocycles. The van der Waals surface area contributed by atoms with Gasteiger partial charge < -0.3 is 15.4 Å². The lowest BCUT2D eigenvalue weighted by Gasteiger charge is -2.13. The minimum atomic E-state index is -0.345. The van der Waals surface area contributed by atoms with Crippen molar-refractivity contribution in [2.75, 3.05) is 12.4 Å². The minimum absolute atomic E-state index is 0.132. The van der Waals surface area contributed by atoms with E-state index in [1.54, 1.807) is 17.1 Å². The number of aromatic nitrogens is 5. The summed E-state index contributed by atoms with van der Waals surface area (Å²) in [6, 6.07) is 8.16. The Kier molecular flexibility index (Phi) is 7.46. The van der Waals surface area contributed by atoms with Crippen molar-refractivity contribution in [2.45, 2.75) is 46.2 Å². The van der Waals surface area contributed by atoms with Crippen LogP contribution >= 0.6 is 11.3 Å². The third-order valence-electron chi connectivity index (χ3n) is 5.57. The second kappa shape index (κ2) is 10.5. The molecule has 0 radical (unpaired) electrons. The van der Waals surface area contributed by atoms with Crippen LogP contribution < -0.4 is 10.6 Å². The van der Waals surface area contributed by atoms with Gasteiger partial charge in [-0.3, -0.25) is 4.68 Å². The zero-order valence-electron chi connectivity index (χ0n) is 21.4. The minimum Gasteiger partial charge on any atom is -0.465 e. The molecule has 188 valence electrons. The van der Waals surface area contributed by atoms with Crippen LogP contribution in [-0.4, -0.2) is 37.8 Å². The predicted molar refractivity (Wildman–Crippen MR) is 141 cm³/mol. The monoisotopic (exact) mass is 505 g/mol. The molecular weight excluding hydrogens is 474 g/mol. The topological polar surface area (TPSA) is 107 Å². The van der Waals surface area contributed by atoms with Crippen LogP contribution in [0.25, 0.3) is 11.3 Å². The Morgan fingerprint density at radius 2 is 1.97 bits per heavy atom. The van der Waals surface area contributed by atoms with E-state index in [2.05, 4.69) is 71.6 Å². The normalized spacial score (nSPS) is 11.5. The highest BCUT2D eigenvalue weighted by molar-refractivity contribution is 7.13. The Hall–Kier alpha value is -3.63. The summed E-state index contributed by atoms with van der Waals surface area (Å²) in [7, 11) is 3.26. The zero-order valence-corrected chi connectivity index (χ0v) is 22.2. The van der Waals surface area contributed by atoms with Gasteiger partial charge in [0.25, 0.3) is 0 Å². The maximum Gasteiger partial charge on any atom is 0.350 e. The van der Waals surface area contributed by atoms with E-state index < -0.39 is 0 Å². The molecular formula is C26H31N7O2S. The van der Waals surface area contributed by atoms with Crippen LogP contribution in [0.5, 0.6) is 0 Å². The first-order valence-electron chi connectivity index (χ1n) is 11.6. The molecule has 1 aromatic carbocycles. The first kappa shape index (κ1) is 25.5. The molecule has 0 aliphatic rings. The molecule has 0 amide bonds. The molecule has 0 unspecified atom stereocenters. The lowest BCUT2D eigenvalue weighted by atomic mass is 9.98. The average Bonchev–Trinajstić information content (AvgIpc) is 3.46. The van der Waals surface area contributed by atoms with Crippen LogP contribution in [0.15, 0.2) is 42.9 Å². The molecule has 0 bridgehead atoms. The maximum atomic E-state index is 12.3. The summed E-state index contributed by atoms with van der Waals surface area (Å²) >= 11 is 1.40. The molecule has 0 fully saturated rings. The summed E-state index contributed by atoms with van der Waals surface area (Å²) in [6.07, 6.45) is 5.34. The maximum absolute atomic E-state index is 12.3. The zero-order chi connectivity index (χ0) is 25.9. The van der Waals surface area contributed by atoms with Gasteiger partial charge in [-0.15, -0.1) is 11.3 Å². The summed E-state index contributed by atoms with van der Waals surface area (Å²) < 4.78 is 6.69. The summed E-state index contributed by atoms with van der Waals surface area (Å²) in [5.74, 6) is 0.172. The van der Waals surface area contributed by atoms with Gasteiger partial charge in [-0.1, -0.05) is 32.9 Å². The van der Waals surface area contributed by atoms with E-state index in [-0.39, 0.29) is 11.4 Å². The predicted octanol–water partition coefficient (Wildman–Crippen LogP) is 4.76. The number of carbonyl (C=O) groups is 1. The second-order valence-electron chi connectivity index (χ2n) is 9.57. The van der Waals surface area contributed by atoms with Crippen LogP contribution in [0, 0.1) is 6.92 Å². The van der Waals surface area contributed by atoms with Crippen molar-refractivity contribution >= 4 is 28.9 Å². The van der Waals surface area contributed by atoms with E-state index in [0.717, 1.165) is 38.8 Å². The molecule has 0 spiro atoms. The standard InChI is InChI=1S/C26H31N7O2S/c1-16-11-17(20-9-10-28-25(32-20)30-19-13-29-33(5)15-19)7-8-18(16)12-27-14-21-22(23(34)35-6)36-24(31-21)26(2,3)4/h7-11,13,15,27H,12,14H2,1-6H3,(H,28,30,32). The molecule has 0 aliphatic carbocycles. The van der Waals surface area contributed by atoms with Crippen molar-refractivity contribution in [2.24, 2.45) is 7.05 Å². The quantitative estimate of drug-likeness (QED) is 0.330. The van der Waals surface area contributed by atoms with Gasteiger partial charge in [0.2, 0.25) is 5.95 Å². The van der Waals surface area contributed by atoms with Crippen molar-refractivity contribution in [3.8, 4) is 11.3 Å². The van der Waals surface area contributed by atoms with Crippen molar-refractivity contribution in [3.05, 3.63) is 69.6 Å². The number of hydrogen-bond donors (Lipinski definition) is 2. The molecule has 4 rings (SSSR count). The van der Waals surface area contributed by atoms with Gasteiger partial charge in [0.05, 0.1) is 35.4 Å². The fourth-order valence-electron chi connectivity index (χ4n) is 3.61. The number of anilines is 2. The third-order valence-corrected chi connectivity index (χ3v) is 7.08. The van der Waals surface area contributed by atoms with E-state index in [1.807, 2.05) is 19.3 Å². The number of methoxy groups -OCH3 is 1. The molecule has 36 heavy (non-hydrogen) atoms. The Balaban J connectivity index is 1.44. The first-order chi connectivity index (χ1) is 17.1. The third kappa shape index (κ3) is 5.95. The number of carbonyl (C=O) groups excluding carboxylic acids is 1. The van der Waals surface area contributed by atoms with Gasteiger partial charge in [-0.2, -0.15) is 5.10 Å². The highest BCUT2D eigenvalue weighted by Crippen LogP contribution is 2.30. The molecule has 3 heterocycles. The van der Waals surface area contributed by atoms with E-state index in [1.165, 1.54) is 18.4 Å². The SMILES string of the molecule is COC(=O)c1sc(C(C)(C)C)nc1CNCc1ccc(-c2ccnc(Nc3cnn(C)c3)n2)cc1C. The van der Waals surface area contributed by atoms with Gasteiger partial charge in [0.15, 0.2) is 0 Å². The van der Waals surface area contributed by atoms with Crippen LogP contribution in [0.1, 0.15) is 52.3 Å². The molecule has 3 aromatic heterocycles. The average molecular weight is 506 g/mol. The number of ether oxygens (including phenoxy) is 1. The summed E-state index contributed by atoms with van der Waals surface area (Å²) in [5.41, 5.74) is 5.56. The van der Waals surface area contributed by atoms with Crippen LogP contribution in [0.3, 0.4) is 0 Å². The summed E-state index contributed by atoms with van der Waals surface area (Å²) in [6.45, 7) is 9.47. The Morgan fingerprint density at radius 1 is 1.17 bits per heavy atom. The molecule has 10 heteroatoms. The number of nitrogens with zero attached hydrogens (tertiary/aromatic N) is 5. The van der Waals surface area contributed by atoms with Gasteiger partial charge in [0.1, 0.15) is 4.88 Å². The highest BCUT2D eigenvalue weighted by atomic mass is 32.1. The Bertz CT molecular complexity index is 1370. The van der Waals surface area contributed by atoms with Crippen LogP contribution in [0.4, 0.5) is 11.6 Å². The highest BCUT2D eigenvalue weighted by Gasteiger charge is 2.25. The fourth-order valence-corrected chi connectivity index (χ4v) is 4.67. The molecule has 0 saturated heterocycles. The number of thiazole rings is 1. The molecule has 0 aliphatic heterocycles. The van der Waals surface area contributed by atoms with Gasteiger partial charge in [0, 0.05) is 43.5 Å². The van der Waals surface area contributed by atoms with Crippen molar-refractivity contribution in [1.82, 2.24) is 30.0 Å². The van der Waals surface area contributed by atoms with Crippen molar-refractivity contribution in [1.29, 1.82) is 0 Å². The smallest absolute Gasteiger partial charge is 0.350 e. The lowest BCUT2D eigenvalue weighted by molar-refractivity contribution is 0.0604. The van der Waals surface area contributed by atoms with E-state index in [9.17, 15) is 4.79 Å². The fraction of sp³-hybridized carbons (Fsp3) is 0.346. The second-order valence-corrected chi connectivity index (χ2v) is 10.6. The van der Waals surface area contributed by atoms with Crippen LogP contribution in [0.2, 0.25) is 0 Å².